The average molecular weight is 430 g/mol. The number of amides is 1. The van der Waals surface area contributed by atoms with Crippen LogP contribution in [0.25, 0.3) is 10.8 Å². The molecule has 0 atom stereocenters. The molecular weight excluding hydrogens is 408 g/mol. The predicted octanol–water partition coefficient (Wildman–Crippen LogP) is 3.15. The highest BCUT2D eigenvalue weighted by Gasteiger charge is 2.19. The lowest BCUT2D eigenvalue weighted by atomic mass is 10.1. The number of phenols is 2. The van der Waals surface area contributed by atoms with E-state index in [2.05, 4.69) is 4.90 Å². The Bertz CT molecular complexity index is 1170. The van der Waals surface area contributed by atoms with Crippen LogP contribution in [0.3, 0.4) is 0 Å². The van der Waals surface area contributed by atoms with E-state index in [1.165, 1.54) is 30.3 Å². The molecule has 3 aromatic carbocycles. The van der Waals surface area contributed by atoms with Gasteiger partial charge in [-0.2, -0.15) is 8.42 Å². The van der Waals surface area contributed by atoms with Crippen molar-refractivity contribution in [3.8, 4) is 11.5 Å². The van der Waals surface area contributed by atoms with E-state index in [1.807, 2.05) is 19.3 Å². The number of benzene rings is 3. The number of nitrogens with one attached hydrogen (secondary N) is 1. The smallest absolute Gasteiger partial charge is 0.317 e. The number of nitrogens with zero attached hydrogens (tertiary/aromatic N) is 1. The lowest BCUT2D eigenvalue weighted by Crippen LogP contribution is -2.27. The van der Waals surface area contributed by atoms with Crippen LogP contribution in [0.5, 0.6) is 11.5 Å². The number of rotatable bonds is 7. The van der Waals surface area contributed by atoms with E-state index in [9.17, 15) is 23.4 Å². The summed E-state index contributed by atoms with van der Waals surface area (Å²) in [5.74, 6) is -1.39. The van der Waals surface area contributed by atoms with Crippen LogP contribution in [0.15, 0.2) is 59.5 Å². The molecule has 0 aromatic heterocycles. The quantitative estimate of drug-likeness (QED) is 0.389. The molecule has 158 valence electrons. The van der Waals surface area contributed by atoms with Crippen molar-refractivity contribution in [1.82, 2.24) is 5.48 Å². The average Bonchev–Trinajstić information content (AvgIpc) is 2.74. The summed E-state index contributed by atoms with van der Waals surface area (Å²) in [6, 6.07) is 13.3. The lowest BCUT2D eigenvalue weighted by molar-refractivity contribution is 0.0770. The van der Waals surface area contributed by atoms with Crippen LogP contribution in [-0.4, -0.2) is 37.6 Å². The summed E-state index contributed by atoms with van der Waals surface area (Å²) >= 11 is 0. The topological polar surface area (TPSA) is 116 Å². The fourth-order valence-electron chi connectivity index (χ4n) is 3.02. The Morgan fingerprint density at radius 1 is 0.933 bits per heavy atom. The molecule has 9 heteroatoms. The Morgan fingerprint density at radius 2 is 1.53 bits per heavy atom. The van der Waals surface area contributed by atoms with Crippen molar-refractivity contribution in [1.29, 1.82) is 0 Å². The maximum Gasteiger partial charge on any atom is 0.317 e. The molecule has 0 bridgehead atoms. The maximum absolute atomic E-state index is 12.4. The van der Waals surface area contributed by atoms with Crippen molar-refractivity contribution < 1.29 is 27.7 Å². The highest BCUT2D eigenvalue weighted by molar-refractivity contribution is 7.86. The fraction of sp³-hybridized carbons (Fsp3) is 0.190. The number of fused-ring (bicyclic) bond motifs is 1. The first kappa shape index (κ1) is 21.4. The van der Waals surface area contributed by atoms with Gasteiger partial charge < -0.3 is 15.1 Å². The largest absolute Gasteiger partial charge is 0.504 e. The van der Waals surface area contributed by atoms with Gasteiger partial charge in [0.1, 0.15) is 0 Å². The third-order valence-corrected chi connectivity index (χ3v) is 5.83. The van der Waals surface area contributed by atoms with E-state index in [4.69, 9.17) is 4.28 Å². The molecule has 0 fully saturated rings. The number of carbonyl (C=O) groups excluding carboxylic acids is 1. The minimum atomic E-state index is -4.29. The van der Waals surface area contributed by atoms with Crippen molar-refractivity contribution >= 4 is 32.5 Å². The molecule has 0 radical (unpaired) electrons. The zero-order chi connectivity index (χ0) is 21.9. The summed E-state index contributed by atoms with van der Waals surface area (Å²) in [6.45, 7) is 5.71. The number of hydrogen-bond acceptors (Lipinski definition) is 7. The van der Waals surface area contributed by atoms with Crippen LogP contribution >= 0.6 is 0 Å². The van der Waals surface area contributed by atoms with Gasteiger partial charge in [-0.3, -0.25) is 4.79 Å². The fourth-order valence-corrected chi connectivity index (χ4v) is 3.81. The van der Waals surface area contributed by atoms with Crippen molar-refractivity contribution in [2.45, 2.75) is 18.7 Å². The number of phenolic OH excluding ortho intramolecular Hbond substituents is 2. The molecule has 3 N–H and O–H groups in total. The Labute approximate surface area is 174 Å². The maximum atomic E-state index is 12.4. The molecular formula is C21H22N2O6S. The molecule has 3 rings (SSSR count). The summed E-state index contributed by atoms with van der Waals surface area (Å²) in [6.07, 6.45) is 0. The summed E-state index contributed by atoms with van der Waals surface area (Å²) < 4.78 is 29.6. The summed E-state index contributed by atoms with van der Waals surface area (Å²) in [5, 5.41) is 20.1. The molecule has 0 aliphatic rings. The standard InChI is InChI=1S/C21H22N2O6S/c1-3-23(4-2)17-8-5-14(6-9-17)21(26)22-29-30(27,28)18-10-7-15-12-19(24)20(25)13-16(15)11-18/h5-13,24-25H,3-4H2,1-2H3,(H,22,26). The Hall–Kier alpha value is -3.30. The second-order valence-electron chi connectivity index (χ2n) is 6.54. The highest BCUT2D eigenvalue weighted by Crippen LogP contribution is 2.31. The van der Waals surface area contributed by atoms with E-state index in [0.29, 0.717) is 10.8 Å². The molecule has 0 unspecified atom stereocenters. The molecule has 0 heterocycles. The van der Waals surface area contributed by atoms with Gasteiger partial charge in [0.25, 0.3) is 5.91 Å². The van der Waals surface area contributed by atoms with E-state index < -0.39 is 16.0 Å². The van der Waals surface area contributed by atoms with E-state index >= 15 is 0 Å². The Morgan fingerprint density at radius 3 is 2.13 bits per heavy atom. The van der Waals surface area contributed by atoms with Crippen molar-refractivity contribution in [3.05, 3.63) is 60.2 Å². The van der Waals surface area contributed by atoms with E-state index in [0.717, 1.165) is 18.8 Å². The normalized spacial score (nSPS) is 11.4. The summed E-state index contributed by atoms with van der Waals surface area (Å²) in [7, 11) is -4.29. The van der Waals surface area contributed by atoms with Crippen molar-refractivity contribution in [3.63, 3.8) is 0 Å². The number of aromatic hydroxyl groups is 2. The Balaban J connectivity index is 1.73. The van der Waals surface area contributed by atoms with Gasteiger partial charge in [0, 0.05) is 24.3 Å². The second-order valence-corrected chi connectivity index (χ2v) is 8.08. The zero-order valence-electron chi connectivity index (χ0n) is 16.5. The van der Waals surface area contributed by atoms with Gasteiger partial charge in [0.15, 0.2) is 11.5 Å². The SMILES string of the molecule is CCN(CC)c1ccc(C(=O)NOS(=O)(=O)c2ccc3cc(O)c(O)cc3c2)cc1. The van der Waals surface area contributed by atoms with Crippen LogP contribution in [0, 0.1) is 0 Å². The first-order chi connectivity index (χ1) is 14.2. The second kappa shape index (κ2) is 8.60. The van der Waals surface area contributed by atoms with Gasteiger partial charge in [0.05, 0.1) is 4.90 Å². The minimum Gasteiger partial charge on any atom is -0.504 e. The van der Waals surface area contributed by atoms with Crippen LogP contribution in [0.1, 0.15) is 24.2 Å². The van der Waals surface area contributed by atoms with Crippen LogP contribution in [0.4, 0.5) is 5.69 Å². The van der Waals surface area contributed by atoms with Gasteiger partial charge in [-0.05, 0) is 73.2 Å². The van der Waals surface area contributed by atoms with Gasteiger partial charge in [0.2, 0.25) is 0 Å². The van der Waals surface area contributed by atoms with Crippen LogP contribution in [0.2, 0.25) is 0 Å². The molecule has 30 heavy (non-hydrogen) atoms. The molecule has 0 spiro atoms. The van der Waals surface area contributed by atoms with E-state index in [-0.39, 0.29) is 22.0 Å². The number of hydrogen-bond donors (Lipinski definition) is 3. The van der Waals surface area contributed by atoms with Crippen LogP contribution < -0.4 is 10.4 Å². The molecule has 0 aliphatic carbocycles. The van der Waals surface area contributed by atoms with Crippen LogP contribution in [-0.2, 0) is 14.4 Å². The van der Waals surface area contributed by atoms with Gasteiger partial charge >= 0.3 is 10.1 Å². The number of hydroxylamine groups is 1. The molecule has 0 aliphatic heterocycles. The van der Waals surface area contributed by atoms with E-state index in [1.54, 1.807) is 24.3 Å². The summed E-state index contributed by atoms with van der Waals surface area (Å²) in [4.78, 5) is 14.2. The summed E-state index contributed by atoms with van der Waals surface area (Å²) in [5.41, 5.74) is 3.16. The molecule has 8 nitrogen and oxygen atoms in total. The van der Waals surface area contributed by atoms with Gasteiger partial charge in [-0.1, -0.05) is 6.07 Å². The molecule has 3 aromatic rings. The lowest BCUT2D eigenvalue weighted by Gasteiger charge is -2.21. The third-order valence-electron chi connectivity index (χ3n) is 4.70. The van der Waals surface area contributed by atoms with Gasteiger partial charge in [-0.25, -0.2) is 5.48 Å². The first-order valence-electron chi connectivity index (χ1n) is 9.29. The third kappa shape index (κ3) is 4.47. The van der Waals surface area contributed by atoms with Crippen molar-refractivity contribution in [2.75, 3.05) is 18.0 Å². The van der Waals surface area contributed by atoms with Crippen molar-refractivity contribution in [2.24, 2.45) is 0 Å². The monoisotopic (exact) mass is 430 g/mol. The Kier molecular flexibility index (Phi) is 6.14. The minimum absolute atomic E-state index is 0.211. The predicted molar refractivity (Wildman–Crippen MR) is 113 cm³/mol. The first-order valence-corrected chi connectivity index (χ1v) is 10.7. The molecule has 1 amide bonds. The number of anilines is 1. The molecule has 0 saturated heterocycles. The van der Waals surface area contributed by atoms with Gasteiger partial charge in [-0.15, -0.1) is 4.28 Å². The zero-order valence-corrected chi connectivity index (χ0v) is 17.3. The molecule has 0 saturated carbocycles. The number of carbonyl (C=O) groups is 1. The highest BCUT2D eigenvalue weighted by atomic mass is 32.2.